The van der Waals surface area contributed by atoms with Crippen LogP contribution in [0.25, 0.3) is 32.3 Å². The lowest BCUT2D eigenvalue weighted by atomic mass is 9.90. The number of carbonyl (C=O) groups is 1. The Morgan fingerprint density at radius 3 is 2.20 bits per heavy atom. The van der Waals surface area contributed by atoms with Crippen LogP contribution in [0.4, 0.5) is 10.1 Å². The monoisotopic (exact) mass is 562 g/mol. The number of amides is 1. The molecule has 8 heteroatoms. The number of hydrogen-bond acceptors (Lipinski definition) is 5. The van der Waals surface area contributed by atoms with Crippen LogP contribution in [0.15, 0.2) is 114 Å². The fourth-order valence-corrected chi connectivity index (χ4v) is 6.65. The van der Waals surface area contributed by atoms with Crippen LogP contribution in [0.2, 0.25) is 0 Å². The highest BCUT2D eigenvalue weighted by Crippen LogP contribution is 2.46. The Balaban J connectivity index is 1.40. The van der Waals surface area contributed by atoms with Crippen molar-refractivity contribution in [1.82, 2.24) is 4.98 Å². The molecule has 1 aliphatic heterocycles. The van der Waals surface area contributed by atoms with E-state index in [1.54, 1.807) is 12.1 Å². The van der Waals surface area contributed by atoms with Crippen molar-refractivity contribution in [1.29, 1.82) is 0 Å². The fourth-order valence-electron chi connectivity index (χ4n) is 5.61. The van der Waals surface area contributed by atoms with Crippen LogP contribution in [0, 0.1) is 12.7 Å². The normalized spacial score (nSPS) is 17.3. The van der Waals surface area contributed by atoms with Gasteiger partial charge in [-0.3, -0.25) is 18.9 Å². The zero-order chi connectivity index (χ0) is 28.3. The number of pyridine rings is 1. The third-order valence-electron chi connectivity index (χ3n) is 7.64. The Bertz CT molecular complexity index is 2100. The SMILES string of the molecule is Cc1ccc(S(=O)(=O)O[C@H]2C(=O)N(c3cc4c5ccccc5ccc4c4ccccc34)[C@@H]2c2ccc(F)cn2)cc1. The highest BCUT2D eigenvalue weighted by molar-refractivity contribution is 7.86. The Morgan fingerprint density at radius 1 is 0.780 bits per heavy atom. The van der Waals surface area contributed by atoms with Crippen molar-refractivity contribution in [3.63, 3.8) is 0 Å². The van der Waals surface area contributed by atoms with Gasteiger partial charge in [0.15, 0.2) is 6.10 Å². The smallest absolute Gasteiger partial charge is 0.297 e. The maximum absolute atomic E-state index is 13.9. The highest BCUT2D eigenvalue weighted by Gasteiger charge is 2.53. The second kappa shape index (κ2) is 9.47. The van der Waals surface area contributed by atoms with Crippen molar-refractivity contribution >= 4 is 54.0 Å². The van der Waals surface area contributed by atoms with Gasteiger partial charge in [0.1, 0.15) is 11.9 Å². The number of anilines is 1. The number of benzene rings is 5. The Kier molecular flexibility index (Phi) is 5.85. The molecule has 7 rings (SSSR count). The first-order valence-corrected chi connectivity index (χ1v) is 14.5. The predicted octanol–water partition coefficient (Wildman–Crippen LogP) is 6.85. The van der Waals surface area contributed by atoms with Gasteiger partial charge in [0, 0.05) is 5.39 Å². The third-order valence-corrected chi connectivity index (χ3v) is 8.95. The molecule has 1 aromatic heterocycles. The summed E-state index contributed by atoms with van der Waals surface area (Å²) in [5.74, 6) is -1.07. The van der Waals surface area contributed by atoms with Crippen molar-refractivity contribution in [3.8, 4) is 0 Å². The summed E-state index contributed by atoms with van der Waals surface area (Å²) in [7, 11) is -4.28. The zero-order valence-corrected chi connectivity index (χ0v) is 22.7. The van der Waals surface area contributed by atoms with E-state index in [0.29, 0.717) is 11.4 Å². The summed E-state index contributed by atoms with van der Waals surface area (Å²) < 4.78 is 45.9. The lowest BCUT2D eigenvalue weighted by Crippen LogP contribution is -2.61. The van der Waals surface area contributed by atoms with Crippen LogP contribution in [-0.4, -0.2) is 25.4 Å². The highest BCUT2D eigenvalue weighted by atomic mass is 32.2. The maximum Gasteiger partial charge on any atom is 0.297 e. The van der Waals surface area contributed by atoms with Crippen molar-refractivity contribution in [2.75, 3.05) is 4.90 Å². The van der Waals surface area contributed by atoms with Gasteiger partial charge in [0.05, 0.1) is 22.5 Å². The summed E-state index contributed by atoms with van der Waals surface area (Å²) in [6, 6.07) is 29.9. The van der Waals surface area contributed by atoms with Crippen LogP contribution in [0.5, 0.6) is 0 Å². The van der Waals surface area contributed by atoms with Crippen LogP contribution in [0.1, 0.15) is 17.3 Å². The van der Waals surface area contributed by atoms with Gasteiger partial charge in [-0.25, -0.2) is 4.39 Å². The maximum atomic E-state index is 13.9. The number of aromatic nitrogens is 1. The number of nitrogens with zero attached hydrogens (tertiary/aromatic N) is 2. The van der Waals surface area contributed by atoms with E-state index in [-0.39, 0.29) is 4.90 Å². The molecule has 1 saturated heterocycles. The number of aryl methyl sites for hydroxylation is 1. The van der Waals surface area contributed by atoms with E-state index in [2.05, 4.69) is 17.1 Å². The minimum absolute atomic E-state index is 0.0530. The second-order valence-corrected chi connectivity index (χ2v) is 11.7. The molecule has 0 aliphatic carbocycles. The van der Waals surface area contributed by atoms with Gasteiger partial charge >= 0.3 is 0 Å². The average molecular weight is 563 g/mol. The summed E-state index contributed by atoms with van der Waals surface area (Å²) >= 11 is 0. The summed E-state index contributed by atoms with van der Waals surface area (Å²) in [5.41, 5.74) is 1.80. The molecule has 202 valence electrons. The molecule has 6 nitrogen and oxygen atoms in total. The molecule has 1 amide bonds. The molecule has 6 aromatic rings. The van der Waals surface area contributed by atoms with E-state index >= 15 is 0 Å². The van der Waals surface area contributed by atoms with Gasteiger partial charge in [-0.1, -0.05) is 78.4 Å². The minimum atomic E-state index is -4.28. The molecular formula is C33H23FN2O4S. The molecular weight excluding hydrogens is 539 g/mol. The molecule has 0 radical (unpaired) electrons. The lowest BCUT2D eigenvalue weighted by Gasteiger charge is -2.46. The van der Waals surface area contributed by atoms with Crippen molar-refractivity contribution in [3.05, 3.63) is 126 Å². The van der Waals surface area contributed by atoms with Crippen LogP contribution in [-0.2, 0) is 19.1 Å². The minimum Gasteiger partial charge on any atom is -0.297 e. The van der Waals surface area contributed by atoms with Gasteiger partial charge in [0.2, 0.25) is 0 Å². The first-order chi connectivity index (χ1) is 19.8. The van der Waals surface area contributed by atoms with Crippen LogP contribution in [0.3, 0.4) is 0 Å². The number of fused-ring (bicyclic) bond motifs is 5. The van der Waals surface area contributed by atoms with E-state index in [0.717, 1.165) is 44.1 Å². The van der Waals surface area contributed by atoms with Gasteiger partial charge in [-0.05, 0) is 64.2 Å². The van der Waals surface area contributed by atoms with Crippen LogP contribution >= 0.6 is 0 Å². The average Bonchev–Trinajstić information content (AvgIpc) is 2.99. The van der Waals surface area contributed by atoms with Gasteiger partial charge in [-0.2, -0.15) is 8.42 Å². The topological polar surface area (TPSA) is 76.6 Å². The van der Waals surface area contributed by atoms with E-state index < -0.39 is 34.0 Å². The molecule has 41 heavy (non-hydrogen) atoms. The van der Waals surface area contributed by atoms with Gasteiger partial charge in [-0.15, -0.1) is 0 Å². The van der Waals surface area contributed by atoms with Crippen molar-refractivity contribution in [2.45, 2.75) is 24.0 Å². The standard InChI is InChI=1S/C33H23FN2O4S/c1-20-10-14-23(15-11-20)41(38,39)40-32-31(29-17-13-22(34)19-35-29)36(33(32)37)30-18-28-24-7-3-2-6-21(24)12-16-26(28)25-8-4-5-9-27(25)30/h2-19,31-32H,1H3/t31-,32-/m1/s1. The molecule has 2 atom stereocenters. The zero-order valence-electron chi connectivity index (χ0n) is 21.9. The van der Waals surface area contributed by atoms with Gasteiger partial charge in [0.25, 0.3) is 16.0 Å². The molecule has 0 saturated carbocycles. The number of carbonyl (C=O) groups excluding carboxylic acids is 1. The molecule has 0 spiro atoms. The summed E-state index contributed by atoms with van der Waals surface area (Å²) in [4.78, 5) is 19.5. The van der Waals surface area contributed by atoms with E-state index in [1.807, 2.05) is 61.5 Å². The van der Waals surface area contributed by atoms with Crippen molar-refractivity contribution in [2.24, 2.45) is 0 Å². The second-order valence-electron chi connectivity index (χ2n) is 10.2. The molecule has 1 aliphatic rings. The summed E-state index contributed by atoms with van der Waals surface area (Å²) in [5, 5.41) is 5.82. The number of β-lactam (4-membered cyclic amide) rings is 1. The Hall–Kier alpha value is -4.66. The molecule has 5 aromatic carbocycles. The van der Waals surface area contributed by atoms with E-state index in [4.69, 9.17) is 4.18 Å². The first-order valence-electron chi connectivity index (χ1n) is 13.1. The Labute approximate surface area is 235 Å². The first kappa shape index (κ1) is 25.3. The number of halogens is 1. The number of hydrogen-bond donors (Lipinski definition) is 0. The molecule has 0 unspecified atom stereocenters. The Morgan fingerprint density at radius 2 is 1.46 bits per heavy atom. The molecule has 1 fully saturated rings. The third kappa shape index (κ3) is 4.15. The number of rotatable bonds is 5. The van der Waals surface area contributed by atoms with Crippen molar-refractivity contribution < 1.29 is 21.8 Å². The lowest BCUT2D eigenvalue weighted by molar-refractivity contribution is -0.134. The largest absolute Gasteiger partial charge is 0.297 e. The van der Waals surface area contributed by atoms with Gasteiger partial charge < -0.3 is 0 Å². The summed E-state index contributed by atoms with van der Waals surface area (Å²) in [6.07, 6.45) is -0.324. The predicted molar refractivity (Wildman–Crippen MR) is 157 cm³/mol. The molecule has 0 bridgehead atoms. The molecule has 0 N–H and O–H groups in total. The van der Waals surface area contributed by atoms with Crippen LogP contribution < -0.4 is 4.90 Å². The van der Waals surface area contributed by atoms with E-state index in [1.165, 1.54) is 29.2 Å². The summed E-state index contributed by atoms with van der Waals surface area (Å²) in [6.45, 7) is 1.85. The quantitative estimate of drug-likeness (QED) is 0.130. The fraction of sp³-hybridized carbons (Fsp3) is 0.0909. The van der Waals surface area contributed by atoms with E-state index in [9.17, 15) is 17.6 Å². The molecule has 2 heterocycles.